The fourth-order valence-corrected chi connectivity index (χ4v) is 2.89. The number of hydrogen-bond acceptors (Lipinski definition) is 4. The van der Waals surface area contributed by atoms with Gasteiger partial charge in [-0.1, -0.05) is 18.2 Å². The second kappa shape index (κ2) is 7.41. The number of hydrogen-bond donors (Lipinski definition) is 0. The molecule has 1 heterocycles. The van der Waals surface area contributed by atoms with Crippen LogP contribution in [0.25, 0.3) is 6.08 Å². The molecular formula is C19H21N3O2. The first kappa shape index (κ1) is 16.4. The predicted octanol–water partition coefficient (Wildman–Crippen LogP) is 1.69. The maximum absolute atomic E-state index is 12.3. The summed E-state index contributed by atoms with van der Waals surface area (Å²) in [5.41, 5.74) is 1.31. The van der Waals surface area contributed by atoms with E-state index in [1.807, 2.05) is 12.1 Å². The Bertz CT molecular complexity index is 693. The monoisotopic (exact) mass is 323 g/mol. The van der Waals surface area contributed by atoms with Gasteiger partial charge in [-0.2, -0.15) is 5.26 Å². The highest BCUT2D eigenvalue weighted by atomic mass is 16.2. The zero-order valence-corrected chi connectivity index (χ0v) is 13.6. The first-order chi connectivity index (χ1) is 11.7. The highest BCUT2D eigenvalue weighted by molar-refractivity contribution is 5.92. The Kier molecular flexibility index (Phi) is 5.07. The number of Topliss-reactive ketones (excluding diaryl/α,β-unsaturated/α-hetero) is 1. The summed E-state index contributed by atoms with van der Waals surface area (Å²) in [6.45, 7) is 3.29. The highest BCUT2D eigenvalue weighted by Crippen LogP contribution is 2.30. The maximum Gasteiger partial charge on any atom is 0.246 e. The molecule has 0 aromatic heterocycles. The van der Waals surface area contributed by atoms with Gasteiger partial charge in [0.15, 0.2) is 0 Å². The molecule has 1 saturated heterocycles. The Balaban J connectivity index is 1.50. The van der Waals surface area contributed by atoms with Crippen molar-refractivity contribution in [2.24, 2.45) is 5.92 Å². The fraction of sp³-hybridized carbons (Fsp3) is 0.421. The van der Waals surface area contributed by atoms with Gasteiger partial charge in [-0.15, -0.1) is 0 Å². The number of nitriles is 1. The third kappa shape index (κ3) is 4.09. The molecule has 0 unspecified atom stereocenters. The van der Waals surface area contributed by atoms with Gasteiger partial charge in [-0.3, -0.25) is 14.5 Å². The van der Waals surface area contributed by atoms with Crippen LogP contribution in [0.4, 0.5) is 0 Å². The van der Waals surface area contributed by atoms with Crippen LogP contribution in [0.1, 0.15) is 24.0 Å². The van der Waals surface area contributed by atoms with Crippen LogP contribution in [-0.2, 0) is 9.59 Å². The van der Waals surface area contributed by atoms with Crippen molar-refractivity contribution in [1.29, 1.82) is 5.26 Å². The van der Waals surface area contributed by atoms with Crippen LogP contribution in [0.2, 0.25) is 0 Å². The van der Waals surface area contributed by atoms with Crippen LogP contribution in [0.5, 0.6) is 0 Å². The van der Waals surface area contributed by atoms with Gasteiger partial charge in [0.25, 0.3) is 0 Å². The van der Waals surface area contributed by atoms with Crippen LogP contribution in [0.3, 0.4) is 0 Å². The van der Waals surface area contributed by atoms with Gasteiger partial charge in [0.1, 0.15) is 5.78 Å². The standard InChI is InChI=1S/C19H21N3O2/c20-13-17-4-2-1-3-15(17)7-8-19(24)22-11-9-21(10-12-22)14-18(23)16-5-6-16/h1-4,7-8,16H,5-6,9-12,14H2/b8-7-. The Hall–Kier alpha value is -2.45. The Morgan fingerprint density at radius 2 is 1.88 bits per heavy atom. The summed E-state index contributed by atoms with van der Waals surface area (Å²) >= 11 is 0. The molecule has 5 heteroatoms. The molecule has 1 amide bonds. The van der Waals surface area contributed by atoms with E-state index < -0.39 is 0 Å². The van der Waals surface area contributed by atoms with E-state index in [-0.39, 0.29) is 5.91 Å². The zero-order valence-electron chi connectivity index (χ0n) is 13.6. The average Bonchev–Trinajstić information content (AvgIpc) is 3.45. The number of carbonyl (C=O) groups excluding carboxylic acids is 2. The van der Waals surface area contributed by atoms with Crippen molar-refractivity contribution in [1.82, 2.24) is 9.80 Å². The molecule has 124 valence electrons. The molecule has 1 aromatic carbocycles. The van der Waals surface area contributed by atoms with Crippen molar-refractivity contribution in [3.63, 3.8) is 0 Å². The molecule has 1 aromatic rings. The number of amides is 1. The van der Waals surface area contributed by atoms with E-state index in [4.69, 9.17) is 5.26 Å². The summed E-state index contributed by atoms with van der Waals surface area (Å²) in [4.78, 5) is 28.1. The average molecular weight is 323 g/mol. The van der Waals surface area contributed by atoms with E-state index in [2.05, 4.69) is 11.0 Å². The van der Waals surface area contributed by atoms with Crippen LogP contribution in [-0.4, -0.2) is 54.2 Å². The number of rotatable bonds is 5. The van der Waals surface area contributed by atoms with E-state index in [1.165, 1.54) is 6.08 Å². The molecule has 0 atom stereocenters. The minimum atomic E-state index is -0.0455. The molecule has 1 aliphatic heterocycles. The Morgan fingerprint density at radius 1 is 1.17 bits per heavy atom. The van der Waals surface area contributed by atoms with E-state index in [0.29, 0.717) is 36.9 Å². The smallest absolute Gasteiger partial charge is 0.246 e. The third-order valence-electron chi connectivity index (χ3n) is 4.58. The van der Waals surface area contributed by atoms with E-state index in [1.54, 1.807) is 23.1 Å². The second-order valence-corrected chi connectivity index (χ2v) is 6.37. The summed E-state index contributed by atoms with van der Waals surface area (Å²) in [5, 5.41) is 9.06. The van der Waals surface area contributed by atoms with Crippen molar-refractivity contribution in [2.75, 3.05) is 32.7 Å². The number of carbonyl (C=O) groups is 2. The van der Waals surface area contributed by atoms with Gasteiger partial charge in [-0.05, 0) is 30.5 Å². The quantitative estimate of drug-likeness (QED) is 0.774. The summed E-state index contributed by atoms with van der Waals surface area (Å²) in [7, 11) is 0. The summed E-state index contributed by atoms with van der Waals surface area (Å²) in [6.07, 6.45) is 5.32. The fourth-order valence-electron chi connectivity index (χ4n) is 2.89. The van der Waals surface area contributed by atoms with Crippen molar-refractivity contribution in [3.8, 4) is 6.07 Å². The highest BCUT2D eigenvalue weighted by Gasteiger charge is 2.31. The molecule has 0 spiro atoms. The van der Waals surface area contributed by atoms with Crippen LogP contribution in [0, 0.1) is 17.2 Å². The summed E-state index contributed by atoms with van der Waals surface area (Å²) < 4.78 is 0. The molecule has 24 heavy (non-hydrogen) atoms. The lowest BCUT2D eigenvalue weighted by molar-refractivity contribution is -0.128. The van der Waals surface area contributed by atoms with Gasteiger partial charge in [0.2, 0.25) is 5.91 Å². The van der Waals surface area contributed by atoms with E-state index in [9.17, 15) is 9.59 Å². The number of benzene rings is 1. The van der Waals surface area contributed by atoms with Gasteiger partial charge < -0.3 is 4.90 Å². The minimum absolute atomic E-state index is 0.0455. The molecule has 1 saturated carbocycles. The van der Waals surface area contributed by atoms with Gasteiger partial charge in [0.05, 0.1) is 18.2 Å². The lowest BCUT2D eigenvalue weighted by Crippen LogP contribution is -2.49. The number of nitrogens with zero attached hydrogens (tertiary/aromatic N) is 3. The lowest BCUT2D eigenvalue weighted by Gasteiger charge is -2.33. The molecule has 5 nitrogen and oxygen atoms in total. The molecule has 2 aliphatic rings. The van der Waals surface area contributed by atoms with Gasteiger partial charge >= 0.3 is 0 Å². The zero-order chi connectivity index (χ0) is 16.9. The maximum atomic E-state index is 12.3. The SMILES string of the molecule is N#Cc1ccccc1/C=C\C(=O)N1CCN(CC(=O)C2CC2)CC1. The van der Waals surface area contributed by atoms with E-state index in [0.717, 1.165) is 31.5 Å². The van der Waals surface area contributed by atoms with Crippen molar-refractivity contribution < 1.29 is 9.59 Å². The van der Waals surface area contributed by atoms with Crippen molar-refractivity contribution >= 4 is 17.8 Å². The topological polar surface area (TPSA) is 64.4 Å². The molecule has 0 radical (unpaired) electrons. The molecular weight excluding hydrogens is 302 g/mol. The molecule has 0 bridgehead atoms. The molecule has 3 rings (SSSR count). The first-order valence-electron chi connectivity index (χ1n) is 8.38. The van der Waals surface area contributed by atoms with Crippen molar-refractivity contribution in [3.05, 3.63) is 41.5 Å². The number of piperazine rings is 1. The van der Waals surface area contributed by atoms with E-state index >= 15 is 0 Å². The van der Waals surface area contributed by atoms with Crippen molar-refractivity contribution in [2.45, 2.75) is 12.8 Å². The van der Waals surface area contributed by atoms with Crippen LogP contribution >= 0.6 is 0 Å². The Morgan fingerprint density at radius 3 is 2.54 bits per heavy atom. The first-order valence-corrected chi connectivity index (χ1v) is 8.38. The molecule has 0 N–H and O–H groups in total. The van der Waals surface area contributed by atoms with Gasteiger partial charge in [0, 0.05) is 38.2 Å². The molecule has 1 aliphatic carbocycles. The van der Waals surface area contributed by atoms with Crippen LogP contribution in [0.15, 0.2) is 30.3 Å². The predicted molar refractivity (Wildman–Crippen MR) is 90.9 cm³/mol. The summed E-state index contributed by atoms with van der Waals surface area (Å²) in [6, 6.07) is 9.33. The largest absolute Gasteiger partial charge is 0.337 e. The molecule has 2 fully saturated rings. The normalized spacial score (nSPS) is 18.5. The minimum Gasteiger partial charge on any atom is -0.337 e. The summed E-state index contributed by atoms with van der Waals surface area (Å²) in [5.74, 6) is 0.603. The van der Waals surface area contributed by atoms with Gasteiger partial charge in [-0.25, -0.2) is 0 Å². The number of ketones is 1. The third-order valence-corrected chi connectivity index (χ3v) is 4.58. The Labute approximate surface area is 142 Å². The lowest BCUT2D eigenvalue weighted by atomic mass is 10.1. The second-order valence-electron chi connectivity index (χ2n) is 6.37. The van der Waals surface area contributed by atoms with Crippen LogP contribution < -0.4 is 0 Å².